The first-order valence-corrected chi connectivity index (χ1v) is 7.75. The Hall–Kier alpha value is -1.80. The molecule has 0 unspecified atom stereocenters. The van der Waals surface area contributed by atoms with Crippen LogP contribution in [-0.4, -0.2) is 53.8 Å². The van der Waals surface area contributed by atoms with Crippen molar-refractivity contribution in [3.05, 3.63) is 35.4 Å². The van der Waals surface area contributed by atoms with Crippen LogP contribution >= 0.6 is 12.4 Å². The lowest BCUT2D eigenvalue weighted by Gasteiger charge is -2.35. The van der Waals surface area contributed by atoms with Crippen LogP contribution in [0.4, 0.5) is 13.2 Å². The number of carbonyl (C=O) groups excluding carboxylic acids is 2. The van der Waals surface area contributed by atoms with Gasteiger partial charge in [0.1, 0.15) is 0 Å². The summed E-state index contributed by atoms with van der Waals surface area (Å²) < 4.78 is 37.6. The van der Waals surface area contributed by atoms with Gasteiger partial charge in [-0.1, -0.05) is 6.92 Å². The summed E-state index contributed by atoms with van der Waals surface area (Å²) in [7, 11) is 0. The van der Waals surface area contributed by atoms with E-state index in [4.69, 9.17) is 5.73 Å². The molecule has 1 saturated heterocycles. The summed E-state index contributed by atoms with van der Waals surface area (Å²) in [6.45, 7) is 3.24. The van der Waals surface area contributed by atoms with E-state index in [-0.39, 0.29) is 29.8 Å². The zero-order valence-electron chi connectivity index (χ0n) is 13.8. The van der Waals surface area contributed by atoms with Crippen LogP contribution in [0.3, 0.4) is 0 Å². The Kier molecular flexibility index (Phi) is 7.25. The second kappa shape index (κ2) is 8.53. The largest absolute Gasteiger partial charge is 0.416 e. The van der Waals surface area contributed by atoms with Gasteiger partial charge in [0.2, 0.25) is 5.91 Å². The topological polar surface area (TPSA) is 66.6 Å². The number of amides is 2. The Morgan fingerprint density at radius 2 is 1.56 bits per heavy atom. The second-order valence-electron chi connectivity index (χ2n) is 5.71. The lowest BCUT2D eigenvalue weighted by molar-refractivity contribution is -0.137. The SMILES string of the molecule is CC[C@H](N)C(=O)N1CCN(C(=O)c2ccc(C(F)(F)F)cc2)CC1.Cl. The summed E-state index contributed by atoms with van der Waals surface area (Å²) in [6.07, 6.45) is -3.88. The third-order valence-electron chi connectivity index (χ3n) is 4.09. The molecule has 5 nitrogen and oxygen atoms in total. The van der Waals surface area contributed by atoms with Crippen LogP contribution in [0.25, 0.3) is 0 Å². The number of carbonyl (C=O) groups is 2. The Morgan fingerprint density at radius 1 is 1.08 bits per heavy atom. The number of hydrogen-bond acceptors (Lipinski definition) is 3. The van der Waals surface area contributed by atoms with Crippen molar-refractivity contribution in [3.63, 3.8) is 0 Å². The van der Waals surface area contributed by atoms with Gasteiger partial charge in [0, 0.05) is 31.7 Å². The summed E-state index contributed by atoms with van der Waals surface area (Å²) in [5.74, 6) is -0.477. The minimum atomic E-state index is -4.42. The lowest BCUT2D eigenvalue weighted by atomic mass is 10.1. The molecule has 0 aromatic heterocycles. The van der Waals surface area contributed by atoms with Gasteiger partial charge < -0.3 is 15.5 Å². The molecule has 1 aromatic rings. The van der Waals surface area contributed by atoms with Crippen molar-refractivity contribution in [1.29, 1.82) is 0 Å². The van der Waals surface area contributed by atoms with Crippen molar-refractivity contribution in [2.24, 2.45) is 5.73 Å². The molecule has 0 radical (unpaired) electrons. The van der Waals surface area contributed by atoms with Crippen LogP contribution in [0.1, 0.15) is 29.3 Å². The smallest absolute Gasteiger partial charge is 0.338 e. The maximum atomic E-state index is 12.5. The summed E-state index contributed by atoms with van der Waals surface area (Å²) in [6, 6.07) is 3.61. The molecule has 0 aliphatic carbocycles. The number of piperazine rings is 1. The average Bonchev–Trinajstić information content (AvgIpc) is 2.59. The monoisotopic (exact) mass is 379 g/mol. The molecule has 2 N–H and O–H groups in total. The van der Waals surface area contributed by atoms with E-state index in [0.717, 1.165) is 12.1 Å². The number of rotatable bonds is 3. The van der Waals surface area contributed by atoms with Gasteiger partial charge >= 0.3 is 6.18 Å². The van der Waals surface area contributed by atoms with Gasteiger partial charge in [0.25, 0.3) is 5.91 Å². The zero-order chi connectivity index (χ0) is 17.9. The first-order valence-electron chi connectivity index (χ1n) is 7.75. The van der Waals surface area contributed by atoms with Gasteiger partial charge in [-0.25, -0.2) is 0 Å². The van der Waals surface area contributed by atoms with Gasteiger partial charge in [-0.2, -0.15) is 13.2 Å². The van der Waals surface area contributed by atoms with E-state index in [1.165, 1.54) is 17.0 Å². The first-order chi connectivity index (χ1) is 11.2. The number of nitrogens with two attached hydrogens (primary N) is 1. The molecule has 1 aliphatic rings. The van der Waals surface area contributed by atoms with Crippen molar-refractivity contribution < 1.29 is 22.8 Å². The van der Waals surface area contributed by atoms with Crippen molar-refractivity contribution in [2.75, 3.05) is 26.2 Å². The fraction of sp³-hybridized carbons (Fsp3) is 0.500. The minimum Gasteiger partial charge on any atom is -0.338 e. The maximum Gasteiger partial charge on any atom is 0.416 e. The van der Waals surface area contributed by atoms with Crippen LogP contribution in [-0.2, 0) is 11.0 Å². The molecular formula is C16H21ClF3N3O2. The van der Waals surface area contributed by atoms with Crippen LogP contribution in [0, 0.1) is 0 Å². The predicted octanol–water partition coefficient (Wildman–Crippen LogP) is 2.15. The van der Waals surface area contributed by atoms with E-state index in [9.17, 15) is 22.8 Å². The highest BCUT2D eigenvalue weighted by atomic mass is 35.5. The molecule has 1 heterocycles. The number of benzene rings is 1. The quantitative estimate of drug-likeness (QED) is 0.875. The zero-order valence-corrected chi connectivity index (χ0v) is 14.6. The molecule has 0 spiro atoms. The molecule has 2 rings (SSSR count). The van der Waals surface area contributed by atoms with Gasteiger partial charge in [0.15, 0.2) is 0 Å². The van der Waals surface area contributed by atoms with Gasteiger partial charge in [-0.3, -0.25) is 9.59 Å². The fourth-order valence-electron chi connectivity index (χ4n) is 2.52. The van der Waals surface area contributed by atoms with E-state index in [2.05, 4.69) is 0 Å². The van der Waals surface area contributed by atoms with Crippen LogP contribution in [0.5, 0.6) is 0 Å². The molecule has 140 valence electrons. The molecule has 0 saturated carbocycles. The van der Waals surface area contributed by atoms with E-state index in [0.29, 0.717) is 32.6 Å². The number of hydrogen-bond donors (Lipinski definition) is 1. The summed E-state index contributed by atoms with van der Waals surface area (Å²) in [4.78, 5) is 27.5. The van der Waals surface area contributed by atoms with Crippen molar-refractivity contribution >= 4 is 24.2 Å². The van der Waals surface area contributed by atoms with E-state index < -0.39 is 17.8 Å². The van der Waals surface area contributed by atoms with Crippen LogP contribution in [0.15, 0.2) is 24.3 Å². The van der Waals surface area contributed by atoms with E-state index in [1.807, 2.05) is 6.92 Å². The fourth-order valence-corrected chi connectivity index (χ4v) is 2.52. The molecule has 1 atom stereocenters. The molecule has 2 amide bonds. The molecule has 1 aromatic carbocycles. The molecule has 25 heavy (non-hydrogen) atoms. The second-order valence-corrected chi connectivity index (χ2v) is 5.71. The average molecular weight is 380 g/mol. The van der Waals surface area contributed by atoms with Gasteiger partial charge in [0.05, 0.1) is 11.6 Å². The van der Waals surface area contributed by atoms with Gasteiger partial charge in [-0.15, -0.1) is 12.4 Å². The van der Waals surface area contributed by atoms with E-state index in [1.54, 1.807) is 4.90 Å². The van der Waals surface area contributed by atoms with Crippen molar-refractivity contribution in [2.45, 2.75) is 25.6 Å². The summed E-state index contributed by atoms with van der Waals surface area (Å²) >= 11 is 0. The molecule has 1 fully saturated rings. The third-order valence-corrected chi connectivity index (χ3v) is 4.09. The molecule has 9 heteroatoms. The van der Waals surface area contributed by atoms with Crippen LogP contribution < -0.4 is 5.73 Å². The third kappa shape index (κ3) is 5.09. The highest BCUT2D eigenvalue weighted by Crippen LogP contribution is 2.29. The van der Waals surface area contributed by atoms with E-state index >= 15 is 0 Å². The predicted molar refractivity (Wildman–Crippen MR) is 89.4 cm³/mol. The first kappa shape index (κ1) is 21.2. The Labute approximate surface area is 150 Å². The van der Waals surface area contributed by atoms with Gasteiger partial charge in [-0.05, 0) is 30.7 Å². The Balaban J connectivity index is 0.00000312. The lowest BCUT2D eigenvalue weighted by Crippen LogP contribution is -2.54. The summed E-state index contributed by atoms with van der Waals surface area (Å²) in [5, 5.41) is 0. The highest BCUT2D eigenvalue weighted by molar-refractivity contribution is 5.94. The maximum absolute atomic E-state index is 12.5. The molecular weight excluding hydrogens is 359 g/mol. The Bertz CT molecular complexity index is 600. The van der Waals surface area contributed by atoms with Crippen molar-refractivity contribution in [1.82, 2.24) is 9.80 Å². The normalized spacial score (nSPS) is 16.2. The highest BCUT2D eigenvalue weighted by Gasteiger charge is 2.31. The van der Waals surface area contributed by atoms with Crippen molar-refractivity contribution in [3.8, 4) is 0 Å². The standard InChI is InChI=1S/C16H20F3N3O2.ClH/c1-2-13(20)15(24)22-9-7-21(8-10-22)14(23)11-3-5-12(6-4-11)16(17,18)19;/h3-6,13H,2,7-10,20H2,1H3;1H/t13-;/m0./s1. The number of alkyl halides is 3. The molecule has 0 bridgehead atoms. The number of halogens is 4. The molecule has 1 aliphatic heterocycles. The number of nitrogens with zero attached hydrogens (tertiary/aromatic N) is 2. The van der Waals surface area contributed by atoms with Crippen LogP contribution in [0.2, 0.25) is 0 Å². The summed E-state index contributed by atoms with van der Waals surface area (Å²) in [5.41, 5.74) is 5.13. The minimum absolute atomic E-state index is 0. The Morgan fingerprint density at radius 3 is 2.00 bits per heavy atom.